The molecule has 6 heteroatoms. The Morgan fingerprint density at radius 1 is 0.864 bits per heavy atom. The molecule has 0 radical (unpaired) electrons. The molecule has 2 N–H and O–H groups in total. The van der Waals surface area contributed by atoms with Gasteiger partial charge in [-0.25, -0.2) is 4.57 Å². The Balaban J connectivity index is 3.13. The van der Waals surface area contributed by atoms with Gasteiger partial charge in [-0.2, -0.15) is 0 Å². The highest BCUT2D eigenvalue weighted by molar-refractivity contribution is 7.46. The topological polar surface area (TPSA) is 76.0 Å². The van der Waals surface area contributed by atoms with Gasteiger partial charge in [-0.3, -0.25) is 4.52 Å². The Kier molecular flexibility index (Phi) is 15.3. The van der Waals surface area contributed by atoms with Crippen molar-refractivity contribution in [1.82, 2.24) is 0 Å². The van der Waals surface area contributed by atoms with Crippen molar-refractivity contribution in [3.63, 3.8) is 0 Å². The van der Waals surface area contributed by atoms with Gasteiger partial charge in [0, 0.05) is 0 Å². The zero-order chi connectivity index (χ0) is 16.5. The highest BCUT2D eigenvalue weighted by Gasteiger charge is 2.12. The number of phosphoric acid groups is 1. The van der Waals surface area contributed by atoms with Gasteiger partial charge >= 0.3 is 7.82 Å². The second kappa shape index (κ2) is 15.5. The molecule has 0 saturated carbocycles. The molecule has 0 amide bonds. The van der Waals surface area contributed by atoms with E-state index in [0.29, 0.717) is 0 Å². The van der Waals surface area contributed by atoms with Crippen molar-refractivity contribution >= 4 is 7.82 Å². The first-order valence-electron chi connectivity index (χ1n) is 8.53. The zero-order valence-corrected chi connectivity index (χ0v) is 14.8. The second-order valence-electron chi connectivity index (χ2n) is 5.54. The molecule has 0 saturated heterocycles. The number of unbranched alkanes of at least 4 members (excludes halogenated alkanes) is 10. The third kappa shape index (κ3) is 19.7. The SMILES string of the molecule is CCCCCCCCCCCCC=COCCOP(=O)(O)O. The van der Waals surface area contributed by atoms with Gasteiger partial charge in [-0.15, -0.1) is 0 Å². The minimum atomic E-state index is -4.36. The fourth-order valence-electron chi connectivity index (χ4n) is 2.16. The maximum absolute atomic E-state index is 10.4. The number of allylic oxidation sites excluding steroid dienone is 1. The van der Waals surface area contributed by atoms with Crippen LogP contribution in [0.1, 0.15) is 77.6 Å². The summed E-state index contributed by atoms with van der Waals surface area (Å²) in [5.74, 6) is 0. The summed E-state index contributed by atoms with van der Waals surface area (Å²) in [6.45, 7) is 2.29. The third-order valence-electron chi connectivity index (χ3n) is 3.38. The van der Waals surface area contributed by atoms with Crippen molar-refractivity contribution in [3.05, 3.63) is 12.3 Å². The van der Waals surface area contributed by atoms with Crippen molar-refractivity contribution in [2.45, 2.75) is 77.6 Å². The van der Waals surface area contributed by atoms with Crippen LogP contribution in [-0.4, -0.2) is 23.0 Å². The zero-order valence-electron chi connectivity index (χ0n) is 13.9. The lowest BCUT2D eigenvalue weighted by molar-refractivity contribution is 0.140. The molecule has 0 rings (SSSR count). The van der Waals surface area contributed by atoms with E-state index in [4.69, 9.17) is 14.5 Å². The molecule has 5 nitrogen and oxygen atoms in total. The van der Waals surface area contributed by atoms with Gasteiger partial charge in [0.15, 0.2) is 0 Å². The van der Waals surface area contributed by atoms with E-state index >= 15 is 0 Å². The van der Waals surface area contributed by atoms with Crippen molar-refractivity contribution in [2.75, 3.05) is 13.2 Å². The molecule has 0 bridgehead atoms. The van der Waals surface area contributed by atoms with Gasteiger partial charge in [0.05, 0.1) is 12.9 Å². The smallest absolute Gasteiger partial charge is 0.469 e. The molecule has 0 spiro atoms. The van der Waals surface area contributed by atoms with Gasteiger partial charge < -0.3 is 14.5 Å². The van der Waals surface area contributed by atoms with Gasteiger partial charge in [-0.05, 0) is 18.9 Å². The number of hydrogen-bond donors (Lipinski definition) is 2. The largest absolute Gasteiger partial charge is 0.499 e. The van der Waals surface area contributed by atoms with E-state index in [9.17, 15) is 4.57 Å². The molecule has 0 aromatic heterocycles. The first kappa shape index (κ1) is 21.6. The molecule has 0 unspecified atom stereocenters. The number of hydrogen-bond acceptors (Lipinski definition) is 3. The molecule has 132 valence electrons. The normalized spacial score (nSPS) is 12.1. The van der Waals surface area contributed by atoms with Crippen LogP contribution in [-0.2, 0) is 13.8 Å². The van der Waals surface area contributed by atoms with Crippen LogP contribution in [0.15, 0.2) is 12.3 Å². The van der Waals surface area contributed by atoms with Crippen molar-refractivity contribution < 1.29 is 23.6 Å². The Labute approximate surface area is 135 Å². The van der Waals surface area contributed by atoms with Crippen LogP contribution in [0.2, 0.25) is 0 Å². The quantitative estimate of drug-likeness (QED) is 0.237. The molecule has 22 heavy (non-hydrogen) atoms. The van der Waals surface area contributed by atoms with E-state index in [1.807, 2.05) is 6.08 Å². The van der Waals surface area contributed by atoms with Crippen LogP contribution in [0.3, 0.4) is 0 Å². The summed E-state index contributed by atoms with van der Waals surface area (Å²) >= 11 is 0. The number of phosphoric ester groups is 1. The molecule has 0 aliphatic carbocycles. The lowest BCUT2D eigenvalue weighted by atomic mass is 10.1. The van der Waals surface area contributed by atoms with E-state index in [2.05, 4.69) is 11.4 Å². The standard InChI is InChI=1S/C16H33O5P/c1-2-3-4-5-6-7-8-9-10-11-12-13-14-20-15-16-21-22(17,18)19/h13-14H,2-12,15-16H2,1H3,(H2,17,18,19). The number of ether oxygens (including phenoxy) is 1. The average molecular weight is 336 g/mol. The van der Waals surface area contributed by atoms with Crippen molar-refractivity contribution in [3.8, 4) is 0 Å². The number of rotatable bonds is 16. The van der Waals surface area contributed by atoms with Crippen molar-refractivity contribution in [2.24, 2.45) is 0 Å². The van der Waals surface area contributed by atoms with E-state index in [0.717, 1.165) is 12.8 Å². The first-order chi connectivity index (χ1) is 10.6. The summed E-state index contributed by atoms with van der Waals surface area (Å²) in [5, 5.41) is 0. The summed E-state index contributed by atoms with van der Waals surface area (Å²) in [6, 6.07) is 0. The summed E-state index contributed by atoms with van der Waals surface area (Å²) in [4.78, 5) is 16.9. The lowest BCUT2D eigenvalue weighted by Crippen LogP contribution is -1.99. The Bertz CT molecular complexity index is 301. The van der Waals surface area contributed by atoms with Crippen LogP contribution < -0.4 is 0 Å². The van der Waals surface area contributed by atoms with Crippen LogP contribution in [0.25, 0.3) is 0 Å². The van der Waals surface area contributed by atoms with Gasteiger partial charge in [0.2, 0.25) is 0 Å². The maximum Gasteiger partial charge on any atom is 0.469 e. The molecular weight excluding hydrogens is 303 g/mol. The summed E-state index contributed by atoms with van der Waals surface area (Å²) < 4.78 is 19.7. The average Bonchev–Trinajstić information content (AvgIpc) is 2.45. The second-order valence-corrected chi connectivity index (χ2v) is 6.78. The van der Waals surface area contributed by atoms with Gasteiger partial charge in [-0.1, -0.05) is 64.7 Å². The van der Waals surface area contributed by atoms with E-state index in [-0.39, 0.29) is 13.2 Å². The minimum absolute atomic E-state index is 0.104. The molecule has 0 heterocycles. The molecule has 0 aliphatic heterocycles. The molecule has 0 aliphatic rings. The molecule has 0 fully saturated rings. The maximum atomic E-state index is 10.4. The lowest BCUT2D eigenvalue weighted by Gasteiger charge is -2.04. The summed E-state index contributed by atoms with van der Waals surface area (Å²) in [6.07, 6.45) is 17.8. The first-order valence-corrected chi connectivity index (χ1v) is 10.1. The minimum Gasteiger partial charge on any atom is -0.499 e. The van der Waals surface area contributed by atoms with E-state index < -0.39 is 7.82 Å². The van der Waals surface area contributed by atoms with E-state index in [1.54, 1.807) is 6.26 Å². The molecule has 0 aromatic rings. The highest BCUT2D eigenvalue weighted by atomic mass is 31.2. The highest BCUT2D eigenvalue weighted by Crippen LogP contribution is 2.35. The van der Waals surface area contributed by atoms with Crippen LogP contribution in [0, 0.1) is 0 Å². The molecule has 0 aromatic carbocycles. The third-order valence-corrected chi connectivity index (χ3v) is 3.90. The van der Waals surface area contributed by atoms with Crippen molar-refractivity contribution in [1.29, 1.82) is 0 Å². The molecular formula is C16H33O5P. The van der Waals surface area contributed by atoms with Crippen LogP contribution >= 0.6 is 7.82 Å². The summed E-state index contributed by atoms with van der Waals surface area (Å²) in [5.41, 5.74) is 0. The van der Waals surface area contributed by atoms with E-state index in [1.165, 1.54) is 57.8 Å². The van der Waals surface area contributed by atoms with Gasteiger partial charge in [0.1, 0.15) is 6.61 Å². The predicted molar refractivity (Wildman–Crippen MR) is 89.5 cm³/mol. The van der Waals surface area contributed by atoms with Crippen LogP contribution in [0.5, 0.6) is 0 Å². The Hall–Kier alpha value is -0.350. The fraction of sp³-hybridized carbons (Fsp3) is 0.875. The monoisotopic (exact) mass is 336 g/mol. The van der Waals surface area contributed by atoms with Gasteiger partial charge in [0.25, 0.3) is 0 Å². The Morgan fingerprint density at radius 2 is 1.41 bits per heavy atom. The Morgan fingerprint density at radius 3 is 1.95 bits per heavy atom. The summed E-state index contributed by atoms with van der Waals surface area (Å²) in [7, 11) is -4.36. The fourth-order valence-corrected chi connectivity index (χ4v) is 2.47. The predicted octanol–water partition coefficient (Wildman–Crippen LogP) is 4.94. The van der Waals surface area contributed by atoms with Crippen LogP contribution in [0.4, 0.5) is 0 Å². The molecule has 0 atom stereocenters.